The third-order valence-electron chi connectivity index (χ3n) is 5.49. The standard InChI is InChI=1S/C22H25N3O2/c1-15-21-18(17-10-6-7-11-19(17)24-21)12-13-25(15)22(26)23-14-20(27-2)16-8-4-3-5-9-16/h3-11,15,20,24H,12-14H2,1-2H3,(H,23,26)/t15-,20+/m1/s1. The number of hydrogen-bond donors (Lipinski definition) is 2. The molecule has 1 aromatic heterocycles. The predicted molar refractivity (Wildman–Crippen MR) is 107 cm³/mol. The van der Waals surface area contributed by atoms with Gasteiger partial charge in [-0.15, -0.1) is 0 Å². The summed E-state index contributed by atoms with van der Waals surface area (Å²) in [7, 11) is 1.67. The average Bonchev–Trinajstić information content (AvgIpc) is 3.09. The number of hydrogen-bond acceptors (Lipinski definition) is 2. The summed E-state index contributed by atoms with van der Waals surface area (Å²) in [6.07, 6.45) is 0.711. The van der Waals surface area contributed by atoms with Crippen molar-refractivity contribution in [2.75, 3.05) is 20.2 Å². The minimum absolute atomic E-state index is 0.0128. The van der Waals surface area contributed by atoms with Crippen LogP contribution in [0.15, 0.2) is 54.6 Å². The highest BCUT2D eigenvalue weighted by molar-refractivity contribution is 5.86. The Hall–Kier alpha value is -2.79. The molecule has 2 atom stereocenters. The molecule has 1 aliphatic heterocycles. The van der Waals surface area contributed by atoms with Gasteiger partial charge in [0, 0.05) is 36.8 Å². The molecule has 5 nitrogen and oxygen atoms in total. The molecule has 2 N–H and O–H groups in total. The maximum Gasteiger partial charge on any atom is 0.318 e. The lowest BCUT2D eigenvalue weighted by Crippen LogP contribution is -2.45. The Morgan fingerprint density at radius 1 is 1.22 bits per heavy atom. The van der Waals surface area contributed by atoms with Crippen LogP contribution >= 0.6 is 0 Å². The van der Waals surface area contributed by atoms with Gasteiger partial charge in [0.25, 0.3) is 0 Å². The van der Waals surface area contributed by atoms with Crippen molar-refractivity contribution >= 4 is 16.9 Å². The Balaban J connectivity index is 1.46. The summed E-state index contributed by atoms with van der Waals surface area (Å²) in [5.74, 6) is 0. The van der Waals surface area contributed by atoms with Crippen LogP contribution in [0.4, 0.5) is 4.79 Å². The lowest BCUT2D eigenvalue weighted by Gasteiger charge is -2.34. The van der Waals surface area contributed by atoms with E-state index in [0.29, 0.717) is 13.1 Å². The van der Waals surface area contributed by atoms with Crippen LogP contribution in [-0.4, -0.2) is 36.1 Å². The number of carbonyl (C=O) groups excluding carboxylic acids is 1. The fourth-order valence-corrected chi connectivity index (χ4v) is 3.99. The predicted octanol–water partition coefficient (Wildman–Crippen LogP) is 4.18. The fraction of sp³-hybridized carbons (Fsp3) is 0.318. The number of H-pyrrole nitrogens is 1. The highest BCUT2D eigenvalue weighted by Gasteiger charge is 2.30. The zero-order valence-electron chi connectivity index (χ0n) is 15.7. The average molecular weight is 363 g/mol. The van der Waals surface area contributed by atoms with E-state index >= 15 is 0 Å². The summed E-state index contributed by atoms with van der Waals surface area (Å²) in [5, 5.41) is 4.31. The number of para-hydroxylation sites is 1. The second-order valence-corrected chi connectivity index (χ2v) is 7.00. The van der Waals surface area contributed by atoms with E-state index in [1.807, 2.05) is 41.3 Å². The summed E-state index contributed by atoms with van der Waals surface area (Å²) in [5.41, 5.74) is 4.68. The van der Waals surface area contributed by atoms with Gasteiger partial charge in [-0.25, -0.2) is 4.79 Å². The van der Waals surface area contributed by atoms with Crippen LogP contribution < -0.4 is 5.32 Å². The molecule has 2 heterocycles. The zero-order valence-corrected chi connectivity index (χ0v) is 15.7. The van der Waals surface area contributed by atoms with Crippen molar-refractivity contribution in [1.82, 2.24) is 15.2 Å². The van der Waals surface area contributed by atoms with Gasteiger partial charge in [-0.05, 0) is 30.5 Å². The number of nitrogens with zero attached hydrogens (tertiary/aromatic N) is 1. The summed E-state index contributed by atoms with van der Waals surface area (Å²) in [6, 6.07) is 18.3. The normalized spacial score (nSPS) is 17.6. The molecule has 3 aromatic rings. The van der Waals surface area contributed by atoms with Crippen molar-refractivity contribution in [2.45, 2.75) is 25.5 Å². The van der Waals surface area contributed by atoms with Gasteiger partial charge in [0.15, 0.2) is 0 Å². The van der Waals surface area contributed by atoms with Crippen LogP contribution in [0.2, 0.25) is 0 Å². The SMILES string of the molecule is CO[C@@H](CNC(=O)N1CCc2c([nH]c3ccccc23)[C@H]1C)c1ccccc1. The quantitative estimate of drug-likeness (QED) is 0.730. The Bertz CT molecular complexity index is 935. The summed E-state index contributed by atoms with van der Waals surface area (Å²) in [4.78, 5) is 18.2. The number of nitrogens with one attached hydrogen (secondary N) is 2. The molecule has 0 saturated heterocycles. The molecule has 2 aromatic carbocycles. The number of amides is 2. The number of methoxy groups -OCH3 is 1. The number of benzene rings is 2. The van der Waals surface area contributed by atoms with E-state index < -0.39 is 0 Å². The zero-order chi connectivity index (χ0) is 18.8. The number of fused-ring (bicyclic) bond motifs is 3. The number of urea groups is 1. The number of ether oxygens (including phenoxy) is 1. The Kier molecular flexibility index (Phi) is 4.86. The van der Waals surface area contributed by atoms with Crippen molar-refractivity contribution in [1.29, 1.82) is 0 Å². The van der Waals surface area contributed by atoms with E-state index in [-0.39, 0.29) is 18.2 Å². The largest absolute Gasteiger partial charge is 0.375 e. The molecule has 4 rings (SSSR count). The molecule has 0 aliphatic carbocycles. The molecular formula is C22H25N3O2. The molecule has 0 fully saturated rings. The number of carbonyl (C=O) groups is 1. The minimum atomic E-state index is -0.154. The lowest BCUT2D eigenvalue weighted by molar-refractivity contribution is 0.0996. The maximum atomic E-state index is 12.8. The third-order valence-corrected chi connectivity index (χ3v) is 5.49. The van der Waals surface area contributed by atoms with Crippen molar-refractivity contribution in [3.8, 4) is 0 Å². The van der Waals surface area contributed by atoms with Crippen LogP contribution in [0, 0.1) is 0 Å². The Morgan fingerprint density at radius 2 is 1.96 bits per heavy atom. The van der Waals surface area contributed by atoms with E-state index in [1.54, 1.807) is 7.11 Å². The van der Waals surface area contributed by atoms with Crippen molar-refractivity contribution in [2.24, 2.45) is 0 Å². The molecular weight excluding hydrogens is 338 g/mol. The Morgan fingerprint density at radius 3 is 2.74 bits per heavy atom. The van der Waals surface area contributed by atoms with Gasteiger partial charge >= 0.3 is 6.03 Å². The molecule has 0 bridgehead atoms. The molecule has 0 spiro atoms. The first-order valence-corrected chi connectivity index (χ1v) is 9.40. The van der Waals surface area contributed by atoms with Crippen LogP contribution in [0.1, 0.15) is 35.9 Å². The maximum absolute atomic E-state index is 12.8. The van der Waals surface area contributed by atoms with E-state index in [1.165, 1.54) is 10.9 Å². The molecule has 2 amide bonds. The van der Waals surface area contributed by atoms with Crippen LogP contribution in [0.3, 0.4) is 0 Å². The number of aromatic amines is 1. The van der Waals surface area contributed by atoms with Gasteiger partial charge in [0.2, 0.25) is 0 Å². The second kappa shape index (κ2) is 7.45. The first-order chi connectivity index (χ1) is 13.2. The molecule has 0 saturated carbocycles. The lowest BCUT2D eigenvalue weighted by atomic mass is 9.98. The topological polar surface area (TPSA) is 57.4 Å². The molecule has 0 unspecified atom stereocenters. The molecule has 140 valence electrons. The first-order valence-electron chi connectivity index (χ1n) is 9.40. The molecule has 27 heavy (non-hydrogen) atoms. The van der Waals surface area contributed by atoms with Crippen LogP contribution in [0.5, 0.6) is 0 Å². The van der Waals surface area contributed by atoms with E-state index in [9.17, 15) is 4.79 Å². The van der Waals surface area contributed by atoms with Gasteiger partial charge in [-0.3, -0.25) is 0 Å². The fourth-order valence-electron chi connectivity index (χ4n) is 3.99. The first kappa shape index (κ1) is 17.6. The van der Waals surface area contributed by atoms with Crippen molar-refractivity contribution < 1.29 is 9.53 Å². The van der Waals surface area contributed by atoms with Crippen LogP contribution in [0.25, 0.3) is 10.9 Å². The van der Waals surface area contributed by atoms with Gasteiger partial charge in [0.05, 0.1) is 12.1 Å². The Labute approximate surface area is 159 Å². The highest BCUT2D eigenvalue weighted by atomic mass is 16.5. The highest BCUT2D eigenvalue weighted by Crippen LogP contribution is 2.34. The third kappa shape index (κ3) is 3.30. The van der Waals surface area contributed by atoms with Crippen LogP contribution in [-0.2, 0) is 11.2 Å². The number of rotatable bonds is 4. The van der Waals surface area contributed by atoms with E-state index in [0.717, 1.165) is 23.2 Å². The van der Waals surface area contributed by atoms with E-state index in [2.05, 4.69) is 35.4 Å². The molecule has 0 radical (unpaired) electrons. The van der Waals surface area contributed by atoms with Crippen molar-refractivity contribution in [3.05, 3.63) is 71.4 Å². The number of aromatic nitrogens is 1. The summed E-state index contributed by atoms with van der Waals surface area (Å²) in [6.45, 7) is 3.24. The smallest absolute Gasteiger partial charge is 0.318 e. The van der Waals surface area contributed by atoms with Gasteiger partial charge < -0.3 is 19.9 Å². The summed E-state index contributed by atoms with van der Waals surface area (Å²) >= 11 is 0. The molecule has 5 heteroatoms. The van der Waals surface area contributed by atoms with Gasteiger partial charge in [-0.1, -0.05) is 48.5 Å². The van der Waals surface area contributed by atoms with Gasteiger partial charge in [-0.2, -0.15) is 0 Å². The molecule has 1 aliphatic rings. The van der Waals surface area contributed by atoms with E-state index in [4.69, 9.17) is 4.74 Å². The second-order valence-electron chi connectivity index (χ2n) is 7.00. The minimum Gasteiger partial charge on any atom is -0.375 e. The van der Waals surface area contributed by atoms with Gasteiger partial charge in [0.1, 0.15) is 0 Å². The summed E-state index contributed by atoms with van der Waals surface area (Å²) < 4.78 is 5.56. The monoisotopic (exact) mass is 363 g/mol. The van der Waals surface area contributed by atoms with Crippen molar-refractivity contribution in [3.63, 3.8) is 0 Å².